The Kier molecular flexibility index (Phi) is 6.30. The monoisotopic (exact) mass is 198 g/mol. The van der Waals surface area contributed by atoms with Crippen LogP contribution in [0.15, 0.2) is 24.0 Å². The van der Waals surface area contributed by atoms with Crippen molar-refractivity contribution in [3.63, 3.8) is 0 Å². The van der Waals surface area contributed by atoms with Crippen molar-refractivity contribution in [3.8, 4) is 0 Å². The van der Waals surface area contributed by atoms with Crippen molar-refractivity contribution in [3.05, 3.63) is 24.0 Å². The van der Waals surface area contributed by atoms with E-state index in [4.69, 9.17) is 10.2 Å². The van der Waals surface area contributed by atoms with Gasteiger partial charge in [-0.3, -0.25) is 0 Å². The predicted molar refractivity (Wildman–Crippen MR) is 60.2 cm³/mol. The normalized spacial score (nSPS) is 17.3. The molecule has 1 unspecified atom stereocenters. The molecule has 14 heavy (non-hydrogen) atoms. The van der Waals surface area contributed by atoms with E-state index in [-0.39, 0.29) is 12.0 Å². The largest absolute Gasteiger partial charge is 0.516 e. The molecule has 0 aliphatic heterocycles. The highest BCUT2D eigenvalue weighted by atomic mass is 16.3. The van der Waals surface area contributed by atoms with Crippen LogP contribution >= 0.6 is 0 Å². The zero-order valence-electron chi connectivity index (χ0n) is 9.45. The van der Waals surface area contributed by atoms with Crippen molar-refractivity contribution in [2.45, 2.75) is 40.0 Å². The third-order valence-electron chi connectivity index (χ3n) is 2.59. The summed E-state index contributed by atoms with van der Waals surface area (Å²) in [5.41, 5.74) is 1.30. The second-order valence-electron chi connectivity index (χ2n) is 4.06. The van der Waals surface area contributed by atoms with Gasteiger partial charge in [-0.15, -0.1) is 0 Å². The number of hydrogen-bond donors (Lipinski definition) is 2. The molecule has 0 saturated heterocycles. The average Bonchev–Trinajstić information content (AvgIpc) is 2.15. The van der Waals surface area contributed by atoms with E-state index < -0.39 is 0 Å². The molecule has 82 valence electrons. The van der Waals surface area contributed by atoms with E-state index in [1.807, 2.05) is 6.08 Å². The standard InChI is InChI=1S/C12H22O2/c1-4-12(3,7-9-14)10-11(2)6-5-8-13/h6-7,9,13-14H,4-5,8,10H2,1-3H3. The lowest BCUT2D eigenvalue weighted by atomic mass is 9.81. The maximum absolute atomic E-state index is 8.78. The van der Waals surface area contributed by atoms with Crippen molar-refractivity contribution in [1.82, 2.24) is 0 Å². The summed E-state index contributed by atoms with van der Waals surface area (Å²) in [6.07, 6.45) is 7.66. The summed E-state index contributed by atoms with van der Waals surface area (Å²) in [5.74, 6) is 0. The van der Waals surface area contributed by atoms with Gasteiger partial charge in [-0.05, 0) is 37.7 Å². The van der Waals surface area contributed by atoms with Gasteiger partial charge in [0.25, 0.3) is 0 Å². The zero-order valence-corrected chi connectivity index (χ0v) is 9.45. The summed E-state index contributed by atoms with van der Waals surface area (Å²) in [4.78, 5) is 0. The summed E-state index contributed by atoms with van der Waals surface area (Å²) in [6.45, 7) is 6.50. The van der Waals surface area contributed by atoms with Crippen LogP contribution in [0.3, 0.4) is 0 Å². The quantitative estimate of drug-likeness (QED) is 0.508. The van der Waals surface area contributed by atoms with Gasteiger partial charge in [0.05, 0.1) is 6.26 Å². The fraction of sp³-hybridized carbons (Fsp3) is 0.667. The second-order valence-corrected chi connectivity index (χ2v) is 4.06. The molecule has 0 aromatic rings. The van der Waals surface area contributed by atoms with E-state index >= 15 is 0 Å². The molecule has 0 aliphatic carbocycles. The first kappa shape index (κ1) is 13.2. The van der Waals surface area contributed by atoms with E-state index in [0.29, 0.717) is 6.42 Å². The maximum Gasteiger partial charge on any atom is 0.0757 e. The lowest BCUT2D eigenvalue weighted by molar-refractivity contribution is 0.301. The fourth-order valence-corrected chi connectivity index (χ4v) is 1.50. The van der Waals surface area contributed by atoms with Crippen LogP contribution in [0, 0.1) is 5.41 Å². The van der Waals surface area contributed by atoms with Gasteiger partial charge >= 0.3 is 0 Å². The summed E-state index contributed by atoms with van der Waals surface area (Å²) in [5, 5.41) is 17.5. The molecule has 2 heteroatoms. The van der Waals surface area contributed by atoms with Gasteiger partial charge in [0.2, 0.25) is 0 Å². The number of aliphatic hydroxyl groups is 2. The Morgan fingerprint density at radius 2 is 2.07 bits per heavy atom. The lowest BCUT2D eigenvalue weighted by Crippen LogP contribution is -2.12. The minimum Gasteiger partial charge on any atom is -0.516 e. The third-order valence-corrected chi connectivity index (χ3v) is 2.59. The average molecular weight is 198 g/mol. The lowest BCUT2D eigenvalue weighted by Gasteiger charge is -2.24. The van der Waals surface area contributed by atoms with Gasteiger partial charge in [-0.25, -0.2) is 0 Å². The maximum atomic E-state index is 8.78. The smallest absolute Gasteiger partial charge is 0.0757 e. The van der Waals surface area contributed by atoms with Crippen LogP contribution in [0.25, 0.3) is 0 Å². The van der Waals surface area contributed by atoms with Crippen molar-refractivity contribution in [1.29, 1.82) is 0 Å². The van der Waals surface area contributed by atoms with Gasteiger partial charge in [0.1, 0.15) is 0 Å². The molecule has 1 atom stereocenters. The molecule has 0 amide bonds. The Morgan fingerprint density at radius 1 is 1.43 bits per heavy atom. The Labute approximate surface area is 87.0 Å². The van der Waals surface area contributed by atoms with Gasteiger partial charge < -0.3 is 10.2 Å². The van der Waals surface area contributed by atoms with Gasteiger partial charge in [-0.2, -0.15) is 0 Å². The highest BCUT2D eigenvalue weighted by Crippen LogP contribution is 2.30. The van der Waals surface area contributed by atoms with Crippen molar-refractivity contribution in [2.24, 2.45) is 5.41 Å². The van der Waals surface area contributed by atoms with Crippen LogP contribution in [0.1, 0.15) is 40.0 Å². The molecule has 0 bridgehead atoms. The van der Waals surface area contributed by atoms with Crippen molar-refractivity contribution >= 4 is 0 Å². The van der Waals surface area contributed by atoms with Crippen LogP contribution < -0.4 is 0 Å². The highest BCUT2D eigenvalue weighted by molar-refractivity contribution is 5.07. The molecule has 2 N–H and O–H groups in total. The Bertz CT molecular complexity index is 206. The number of aliphatic hydroxyl groups excluding tert-OH is 2. The van der Waals surface area contributed by atoms with E-state index in [1.165, 1.54) is 5.57 Å². The summed E-state index contributed by atoms with van der Waals surface area (Å²) < 4.78 is 0. The molecule has 0 spiro atoms. The molecule has 0 heterocycles. The zero-order chi connectivity index (χ0) is 11.0. The van der Waals surface area contributed by atoms with Crippen molar-refractivity contribution < 1.29 is 10.2 Å². The first-order valence-corrected chi connectivity index (χ1v) is 5.16. The van der Waals surface area contributed by atoms with Gasteiger partial charge in [0, 0.05) is 6.61 Å². The first-order chi connectivity index (χ1) is 6.58. The van der Waals surface area contributed by atoms with Crippen LogP contribution in [0.2, 0.25) is 0 Å². The van der Waals surface area contributed by atoms with Crippen molar-refractivity contribution in [2.75, 3.05) is 6.61 Å². The third kappa shape index (κ3) is 5.07. The minimum absolute atomic E-state index is 0.0325. The summed E-state index contributed by atoms with van der Waals surface area (Å²) in [7, 11) is 0. The minimum atomic E-state index is 0.0325. The van der Waals surface area contributed by atoms with E-state index in [2.05, 4.69) is 26.8 Å². The number of rotatable bonds is 6. The van der Waals surface area contributed by atoms with Crippen LogP contribution in [0.5, 0.6) is 0 Å². The predicted octanol–water partition coefficient (Wildman–Crippen LogP) is 3.19. The molecular formula is C12H22O2. The molecule has 0 rings (SSSR count). The van der Waals surface area contributed by atoms with E-state index in [9.17, 15) is 0 Å². The van der Waals surface area contributed by atoms with Gasteiger partial charge in [-0.1, -0.05) is 25.5 Å². The Balaban J connectivity index is 4.30. The van der Waals surface area contributed by atoms with Crippen LogP contribution in [0.4, 0.5) is 0 Å². The molecule has 0 aromatic carbocycles. The molecule has 0 aromatic heterocycles. The topological polar surface area (TPSA) is 40.5 Å². The Morgan fingerprint density at radius 3 is 2.50 bits per heavy atom. The molecule has 0 radical (unpaired) electrons. The SMILES string of the molecule is CCC(C)(C=CO)CC(C)=CCCO. The van der Waals surface area contributed by atoms with Gasteiger partial charge in [0.15, 0.2) is 0 Å². The van der Waals surface area contributed by atoms with Crippen LogP contribution in [-0.2, 0) is 0 Å². The summed E-state index contributed by atoms with van der Waals surface area (Å²) in [6, 6.07) is 0. The highest BCUT2D eigenvalue weighted by Gasteiger charge is 2.18. The molecule has 0 fully saturated rings. The molecule has 0 aliphatic rings. The summed E-state index contributed by atoms with van der Waals surface area (Å²) >= 11 is 0. The Hall–Kier alpha value is -0.760. The van der Waals surface area contributed by atoms with Crippen LogP contribution in [-0.4, -0.2) is 16.8 Å². The fourth-order valence-electron chi connectivity index (χ4n) is 1.50. The van der Waals surface area contributed by atoms with E-state index in [1.54, 1.807) is 0 Å². The molecular weight excluding hydrogens is 176 g/mol. The number of allylic oxidation sites excluding steroid dienone is 2. The molecule has 2 nitrogen and oxygen atoms in total. The number of hydrogen-bond acceptors (Lipinski definition) is 2. The first-order valence-electron chi connectivity index (χ1n) is 5.16. The van der Waals surface area contributed by atoms with E-state index in [0.717, 1.165) is 19.1 Å². The molecule has 0 saturated carbocycles. The second kappa shape index (κ2) is 6.66.